The minimum Gasteiger partial charge on any atom is -0.355 e. The highest BCUT2D eigenvalue weighted by atomic mass is 35.5. The van der Waals surface area contributed by atoms with Crippen LogP contribution in [-0.4, -0.2) is 44.3 Å². The van der Waals surface area contributed by atoms with Crippen LogP contribution in [0, 0.1) is 12.7 Å². The summed E-state index contributed by atoms with van der Waals surface area (Å²) in [5, 5.41) is 2.95. The van der Waals surface area contributed by atoms with Crippen LogP contribution in [0.4, 0.5) is 10.1 Å². The average molecular weight is 622 g/mol. The first kappa shape index (κ1) is 31.7. The van der Waals surface area contributed by atoms with Gasteiger partial charge in [0.15, 0.2) is 0 Å². The molecule has 1 N–H and O–H groups in total. The molecule has 0 heterocycles. The van der Waals surface area contributed by atoms with Gasteiger partial charge in [-0.15, -0.1) is 0 Å². The quantitative estimate of drug-likeness (QED) is 0.218. The lowest BCUT2D eigenvalue weighted by Gasteiger charge is -2.34. The van der Waals surface area contributed by atoms with E-state index in [4.69, 9.17) is 11.6 Å². The van der Waals surface area contributed by atoms with Crippen molar-refractivity contribution in [3.63, 3.8) is 0 Å². The fraction of sp³-hybridized carbons (Fsp3) is 0.212. The van der Waals surface area contributed by atoms with Gasteiger partial charge in [0.2, 0.25) is 11.8 Å². The van der Waals surface area contributed by atoms with E-state index in [0.717, 1.165) is 15.4 Å². The molecule has 10 heteroatoms. The summed E-state index contributed by atoms with van der Waals surface area (Å²) in [6.07, 6.45) is 0.177. The predicted molar refractivity (Wildman–Crippen MR) is 167 cm³/mol. The molecule has 224 valence electrons. The number of likely N-dealkylation sites (N-methyl/N-ethyl adjacent to an activating group) is 1. The van der Waals surface area contributed by atoms with Gasteiger partial charge >= 0.3 is 0 Å². The van der Waals surface area contributed by atoms with Crippen LogP contribution >= 0.6 is 11.6 Å². The Morgan fingerprint density at radius 2 is 1.49 bits per heavy atom. The second-order valence-electron chi connectivity index (χ2n) is 10.0. The van der Waals surface area contributed by atoms with E-state index in [2.05, 4.69) is 5.32 Å². The molecule has 2 amide bonds. The van der Waals surface area contributed by atoms with E-state index >= 15 is 0 Å². The molecule has 4 aromatic rings. The molecule has 0 spiro atoms. The third-order valence-corrected chi connectivity index (χ3v) is 8.99. The maximum atomic E-state index is 14.3. The largest absolute Gasteiger partial charge is 0.355 e. The Bertz CT molecular complexity index is 1650. The van der Waals surface area contributed by atoms with Gasteiger partial charge in [-0.2, -0.15) is 0 Å². The number of nitrogens with one attached hydrogen (secondary N) is 1. The number of amides is 2. The maximum Gasteiger partial charge on any atom is 0.264 e. The van der Waals surface area contributed by atoms with Gasteiger partial charge in [-0.25, -0.2) is 12.8 Å². The van der Waals surface area contributed by atoms with Gasteiger partial charge in [0, 0.05) is 19.5 Å². The fourth-order valence-electron chi connectivity index (χ4n) is 4.64. The summed E-state index contributed by atoms with van der Waals surface area (Å²) in [6.45, 7) is 3.25. The van der Waals surface area contributed by atoms with Gasteiger partial charge in [-0.3, -0.25) is 13.9 Å². The topological polar surface area (TPSA) is 86.8 Å². The lowest BCUT2D eigenvalue weighted by atomic mass is 10.0. The third-order valence-electron chi connectivity index (χ3n) is 6.90. The molecule has 1 atom stereocenters. The first-order valence-electron chi connectivity index (χ1n) is 13.8. The number of rotatable bonds is 12. The molecule has 0 aliphatic carbocycles. The molecule has 0 aliphatic heterocycles. The van der Waals surface area contributed by atoms with Crippen LogP contribution in [0.25, 0.3) is 0 Å². The van der Waals surface area contributed by atoms with Gasteiger partial charge in [0.25, 0.3) is 10.0 Å². The standard InChI is InChI=1S/C33H33ClFN3O4S/c1-3-36-33(40)31(21-25-9-5-4-6-10-25)37(22-26-15-17-27(35)18-16-26)32(39)23-38(30-12-8-7-11-29(30)34)43(41,42)28-19-13-24(2)14-20-28/h4-20,31H,3,21-23H2,1-2H3,(H,36,40)/t31-/m1/s1. The zero-order valence-corrected chi connectivity index (χ0v) is 25.5. The molecule has 4 aromatic carbocycles. The molecule has 0 radical (unpaired) electrons. The molecule has 0 saturated carbocycles. The van der Waals surface area contributed by atoms with Crippen molar-refractivity contribution in [1.29, 1.82) is 0 Å². The van der Waals surface area contributed by atoms with Gasteiger partial charge in [-0.05, 0) is 61.4 Å². The summed E-state index contributed by atoms with van der Waals surface area (Å²) in [5.41, 5.74) is 2.38. The van der Waals surface area contributed by atoms with Crippen molar-refractivity contribution in [1.82, 2.24) is 10.2 Å². The summed E-state index contributed by atoms with van der Waals surface area (Å²) in [6, 6.07) is 26.5. The highest BCUT2D eigenvalue weighted by Gasteiger charge is 2.35. The molecule has 0 aromatic heterocycles. The van der Waals surface area contributed by atoms with Crippen LogP contribution in [0.3, 0.4) is 0 Å². The van der Waals surface area contributed by atoms with E-state index in [0.29, 0.717) is 12.1 Å². The van der Waals surface area contributed by atoms with Crippen molar-refractivity contribution in [3.8, 4) is 0 Å². The Morgan fingerprint density at radius 3 is 2.12 bits per heavy atom. The first-order chi connectivity index (χ1) is 20.6. The number of nitrogens with zero attached hydrogens (tertiary/aromatic N) is 2. The summed E-state index contributed by atoms with van der Waals surface area (Å²) in [5.74, 6) is -1.47. The van der Waals surface area contributed by atoms with Crippen molar-refractivity contribution < 1.29 is 22.4 Å². The monoisotopic (exact) mass is 621 g/mol. The number of carbonyl (C=O) groups excluding carboxylic acids is 2. The van der Waals surface area contributed by atoms with Gasteiger partial charge in [-0.1, -0.05) is 83.9 Å². The van der Waals surface area contributed by atoms with E-state index in [9.17, 15) is 22.4 Å². The number of para-hydroxylation sites is 1. The van der Waals surface area contributed by atoms with E-state index in [-0.39, 0.29) is 28.6 Å². The van der Waals surface area contributed by atoms with Crippen LogP contribution in [0.15, 0.2) is 108 Å². The van der Waals surface area contributed by atoms with Crippen molar-refractivity contribution >= 4 is 39.1 Å². The summed E-state index contributed by atoms with van der Waals surface area (Å²) >= 11 is 6.48. The van der Waals surface area contributed by atoms with Crippen LogP contribution in [-0.2, 0) is 32.6 Å². The maximum absolute atomic E-state index is 14.3. The van der Waals surface area contributed by atoms with Crippen LogP contribution in [0.5, 0.6) is 0 Å². The number of sulfonamides is 1. The van der Waals surface area contributed by atoms with E-state index in [1.807, 2.05) is 37.3 Å². The Kier molecular flexibility index (Phi) is 10.6. The lowest BCUT2D eigenvalue weighted by molar-refractivity contribution is -0.140. The zero-order valence-electron chi connectivity index (χ0n) is 23.9. The minimum atomic E-state index is -4.26. The van der Waals surface area contributed by atoms with Crippen LogP contribution in [0.2, 0.25) is 5.02 Å². The molecule has 0 fully saturated rings. The Balaban J connectivity index is 1.80. The van der Waals surface area contributed by atoms with Crippen molar-refractivity contribution in [2.45, 2.75) is 37.8 Å². The molecule has 4 rings (SSSR count). The normalized spacial score (nSPS) is 11.9. The number of hydrogen-bond donors (Lipinski definition) is 1. The first-order valence-corrected chi connectivity index (χ1v) is 15.6. The minimum absolute atomic E-state index is 0.0135. The van der Waals surface area contributed by atoms with Crippen LogP contribution in [0.1, 0.15) is 23.6 Å². The summed E-state index contributed by atoms with van der Waals surface area (Å²) in [7, 11) is -4.26. The Morgan fingerprint density at radius 1 is 0.860 bits per heavy atom. The molecule has 0 unspecified atom stereocenters. The predicted octanol–water partition coefficient (Wildman–Crippen LogP) is 5.76. The second kappa shape index (κ2) is 14.3. The number of halogens is 2. The molecule has 0 saturated heterocycles. The Hall–Kier alpha value is -4.21. The van der Waals surface area contributed by atoms with E-state index in [1.54, 1.807) is 37.3 Å². The smallest absolute Gasteiger partial charge is 0.264 e. The molecular formula is C33H33ClFN3O4S. The summed E-state index contributed by atoms with van der Waals surface area (Å²) < 4.78 is 42.8. The van der Waals surface area contributed by atoms with Gasteiger partial charge in [0.05, 0.1) is 15.6 Å². The third kappa shape index (κ3) is 8.00. The van der Waals surface area contributed by atoms with Crippen molar-refractivity contribution in [2.75, 3.05) is 17.4 Å². The number of hydrogen-bond acceptors (Lipinski definition) is 4. The van der Waals surface area contributed by atoms with Crippen molar-refractivity contribution in [3.05, 3.63) is 131 Å². The number of anilines is 1. The number of benzene rings is 4. The summed E-state index contributed by atoms with van der Waals surface area (Å²) in [4.78, 5) is 29.1. The van der Waals surface area contributed by atoms with E-state index < -0.39 is 40.2 Å². The number of aryl methyl sites for hydroxylation is 1. The molecule has 0 aliphatic rings. The highest BCUT2D eigenvalue weighted by Crippen LogP contribution is 2.31. The molecule has 7 nitrogen and oxygen atoms in total. The SMILES string of the molecule is CCNC(=O)[C@@H](Cc1ccccc1)N(Cc1ccc(F)cc1)C(=O)CN(c1ccccc1Cl)S(=O)(=O)c1ccc(C)cc1. The highest BCUT2D eigenvalue weighted by molar-refractivity contribution is 7.92. The van der Waals surface area contributed by atoms with Gasteiger partial charge in [0.1, 0.15) is 18.4 Å². The zero-order chi connectivity index (χ0) is 31.0. The van der Waals surface area contributed by atoms with Gasteiger partial charge < -0.3 is 10.2 Å². The fourth-order valence-corrected chi connectivity index (χ4v) is 6.36. The molecular weight excluding hydrogens is 589 g/mol. The average Bonchev–Trinajstić information content (AvgIpc) is 3.00. The Labute approximate surface area is 257 Å². The van der Waals surface area contributed by atoms with E-state index in [1.165, 1.54) is 47.4 Å². The van der Waals surface area contributed by atoms with Crippen LogP contribution < -0.4 is 9.62 Å². The molecule has 0 bridgehead atoms. The lowest BCUT2D eigenvalue weighted by Crippen LogP contribution is -2.53. The number of carbonyl (C=O) groups is 2. The second-order valence-corrected chi connectivity index (χ2v) is 12.3. The van der Waals surface area contributed by atoms with Crippen molar-refractivity contribution in [2.24, 2.45) is 0 Å². The molecule has 43 heavy (non-hydrogen) atoms.